The number of esters is 5. The van der Waals surface area contributed by atoms with E-state index in [0.717, 1.165) is 11.8 Å². The molecule has 6 atom stereocenters. The summed E-state index contributed by atoms with van der Waals surface area (Å²) in [6.45, 7) is 3.48. The van der Waals surface area contributed by atoms with E-state index in [1.54, 1.807) is 50.2 Å². The molecule has 15 heteroatoms. The van der Waals surface area contributed by atoms with Crippen LogP contribution in [0, 0.1) is 11.8 Å². The highest BCUT2D eigenvalue weighted by Gasteiger charge is 2.38. The predicted molar refractivity (Wildman–Crippen MR) is 170 cm³/mol. The first kappa shape index (κ1) is 37.2. The van der Waals surface area contributed by atoms with Crippen molar-refractivity contribution in [3.63, 3.8) is 0 Å². The highest BCUT2D eigenvalue weighted by Crippen LogP contribution is 2.35. The van der Waals surface area contributed by atoms with Gasteiger partial charge in [0.1, 0.15) is 6.04 Å². The van der Waals surface area contributed by atoms with E-state index in [0.29, 0.717) is 5.75 Å². The Morgan fingerprint density at radius 2 is 1.32 bits per heavy atom. The predicted octanol–water partition coefficient (Wildman–Crippen LogP) is 3.41. The second-order valence-electron chi connectivity index (χ2n) is 10.5. The molecule has 1 aliphatic rings. The molecule has 1 heterocycles. The van der Waals surface area contributed by atoms with Crippen LogP contribution in [0.5, 0.6) is 0 Å². The van der Waals surface area contributed by atoms with Crippen molar-refractivity contribution in [3.05, 3.63) is 71.8 Å². The molecule has 3 rings (SSSR count). The SMILES string of the molecule is CCOC(=O)[C@@H]1CSC(CC(CC(C(=O)O)C(=O)OC(=O)c2ccccc2)SC(C)CC(C(=O)O)C(=O)OC(=O)c2ccccc2)N1. The van der Waals surface area contributed by atoms with Gasteiger partial charge in [-0.1, -0.05) is 43.3 Å². The summed E-state index contributed by atoms with van der Waals surface area (Å²) >= 11 is 2.52. The summed E-state index contributed by atoms with van der Waals surface area (Å²) in [6.07, 6.45) is -0.389. The van der Waals surface area contributed by atoms with E-state index in [9.17, 15) is 43.8 Å². The number of carboxylic acid groups (broad SMARTS) is 2. The highest BCUT2D eigenvalue weighted by molar-refractivity contribution is 8.01. The van der Waals surface area contributed by atoms with Gasteiger partial charge in [0.2, 0.25) is 0 Å². The number of nitrogens with one attached hydrogen (secondary N) is 1. The van der Waals surface area contributed by atoms with Crippen molar-refractivity contribution in [2.24, 2.45) is 11.8 Å². The van der Waals surface area contributed by atoms with Gasteiger partial charge in [-0.2, -0.15) is 11.8 Å². The first-order valence-electron chi connectivity index (χ1n) is 14.7. The molecule has 13 nitrogen and oxygen atoms in total. The van der Waals surface area contributed by atoms with Crippen LogP contribution in [0.15, 0.2) is 60.7 Å². The Bertz CT molecular complexity index is 1440. The van der Waals surface area contributed by atoms with E-state index in [1.807, 2.05) is 0 Å². The number of carboxylic acids is 2. The molecule has 1 aliphatic heterocycles. The van der Waals surface area contributed by atoms with Gasteiger partial charge in [-0.05, 0) is 50.5 Å². The number of carbonyl (C=O) groups excluding carboxylic acids is 5. The summed E-state index contributed by atoms with van der Waals surface area (Å²) < 4.78 is 14.8. The van der Waals surface area contributed by atoms with Crippen molar-refractivity contribution in [1.82, 2.24) is 5.32 Å². The summed E-state index contributed by atoms with van der Waals surface area (Å²) in [6, 6.07) is 14.6. The third-order valence-corrected chi connectivity index (χ3v) is 9.64. The average Bonchev–Trinajstić information content (AvgIpc) is 3.51. The van der Waals surface area contributed by atoms with Gasteiger partial charge < -0.3 is 24.4 Å². The molecule has 5 unspecified atom stereocenters. The van der Waals surface area contributed by atoms with Crippen LogP contribution in [0.2, 0.25) is 0 Å². The van der Waals surface area contributed by atoms with Crippen LogP contribution in [-0.4, -0.2) is 86.3 Å². The van der Waals surface area contributed by atoms with Crippen molar-refractivity contribution >= 4 is 65.3 Å². The zero-order valence-electron chi connectivity index (χ0n) is 25.6. The first-order valence-corrected chi connectivity index (χ1v) is 16.7. The molecule has 1 saturated heterocycles. The van der Waals surface area contributed by atoms with E-state index in [-0.39, 0.29) is 42.4 Å². The number of aliphatic carboxylic acids is 2. The van der Waals surface area contributed by atoms with Crippen LogP contribution in [0.25, 0.3) is 0 Å². The van der Waals surface area contributed by atoms with Gasteiger partial charge >= 0.3 is 41.8 Å². The van der Waals surface area contributed by atoms with E-state index in [4.69, 9.17) is 14.2 Å². The summed E-state index contributed by atoms with van der Waals surface area (Å²) in [5.41, 5.74) is 0.117. The Morgan fingerprint density at radius 1 is 0.830 bits per heavy atom. The molecular weight excluding hydrogens is 654 g/mol. The highest BCUT2D eigenvalue weighted by atomic mass is 32.2. The molecule has 0 aliphatic carbocycles. The van der Waals surface area contributed by atoms with E-state index < -0.39 is 70.2 Å². The van der Waals surface area contributed by atoms with Crippen LogP contribution in [0.4, 0.5) is 0 Å². The maximum atomic E-state index is 12.9. The van der Waals surface area contributed by atoms with E-state index in [2.05, 4.69) is 5.32 Å². The molecule has 0 amide bonds. The van der Waals surface area contributed by atoms with Crippen LogP contribution in [-0.2, 0) is 38.2 Å². The van der Waals surface area contributed by atoms with E-state index >= 15 is 0 Å². The standard InChI is InChI=1S/C32H35NO12S2/c1-3-43-32(42)24-17-46-25(33-24)16-21(15-23(27(36)37)31(41)45-29(39)20-12-8-5-9-13-20)47-18(2)14-22(26(34)35)30(40)44-28(38)19-10-6-4-7-11-19/h4-13,18,21-25,33H,3,14-17H2,1-2H3,(H,34,35)(H,36,37)/t18?,21?,22?,23?,24-,25?/m0/s1. The third kappa shape index (κ3) is 11.5. The Labute approximate surface area is 279 Å². The lowest BCUT2D eigenvalue weighted by molar-refractivity contribution is -0.157. The van der Waals surface area contributed by atoms with Gasteiger partial charge in [0.25, 0.3) is 0 Å². The van der Waals surface area contributed by atoms with Crippen molar-refractivity contribution in [3.8, 4) is 0 Å². The van der Waals surface area contributed by atoms with Gasteiger partial charge in [-0.25, -0.2) is 9.59 Å². The summed E-state index contributed by atoms with van der Waals surface area (Å²) in [5, 5.41) is 21.2. The maximum Gasteiger partial charge on any atom is 0.345 e. The largest absolute Gasteiger partial charge is 0.481 e. The normalized spacial score (nSPS) is 18.2. The molecule has 252 valence electrons. The quantitative estimate of drug-likeness (QED) is 0.131. The topological polar surface area (TPSA) is 200 Å². The minimum absolute atomic E-state index is 0.0541. The molecule has 0 spiro atoms. The Balaban J connectivity index is 1.75. The summed E-state index contributed by atoms with van der Waals surface area (Å²) in [5.74, 6) is -11.1. The van der Waals surface area contributed by atoms with Crippen LogP contribution < -0.4 is 5.32 Å². The van der Waals surface area contributed by atoms with Gasteiger partial charge in [-0.3, -0.25) is 29.3 Å². The molecule has 0 aromatic heterocycles. The van der Waals surface area contributed by atoms with Gasteiger partial charge in [0, 0.05) is 16.3 Å². The van der Waals surface area contributed by atoms with Crippen molar-refractivity contribution in [2.75, 3.05) is 12.4 Å². The zero-order chi connectivity index (χ0) is 34.5. The van der Waals surface area contributed by atoms with Crippen molar-refractivity contribution in [1.29, 1.82) is 0 Å². The van der Waals surface area contributed by atoms with Crippen molar-refractivity contribution in [2.45, 2.75) is 55.0 Å². The number of rotatable bonds is 16. The lowest BCUT2D eigenvalue weighted by Gasteiger charge is -2.26. The average molecular weight is 690 g/mol. The molecule has 1 fully saturated rings. The van der Waals surface area contributed by atoms with Gasteiger partial charge in [0.15, 0.2) is 11.8 Å². The van der Waals surface area contributed by atoms with Crippen LogP contribution in [0.1, 0.15) is 53.8 Å². The number of hydrogen-bond acceptors (Lipinski definition) is 13. The molecule has 2 aromatic carbocycles. The minimum atomic E-state index is -1.76. The molecule has 0 bridgehead atoms. The first-order chi connectivity index (χ1) is 22.4. The number of carbonyl (C=O) groups is 7. The van der Waals surface area contributed by atoms with Crippen LogP contribution in [0.3, 0.4) is 0 Å². The summed E-state index contributed by atoms with van der Waals surface area (Å²) in [4.78, 5) is 87.0. The molecule has 3 N–H and O–H groups in total. The Morgan fingerprint density at radius 3 is 1.79 bits per heavy atom. The fourth-order valence-corrected chi connectivity index (χ4v) is 7.64. The zero-order valence-corrected chi connectivity index (χ0v) is 27.2. The third-order valence-electron chi connectivity index (χ3n) is 6.96. The number of benzene rings is 2. The van der Waals surface area contributed by atoms with Gasteiger partial charge in [-0.15, -0.1) is 11.8 Å². The molecule has 0 radical (unpaired) electrons. The molecule has 0 saturated carbocycles. The number of hydrogen-bond donors (Lipinski definition) is 3. The minimum Gasteiger partial charge on any atom is -0.481 e. The van der Waals surface area contributed by atoms with E-state index in [1.165, 1.54) is 36.0 Å². The van der Waals surface area contributed by atoms with Crippen molar-refractivity contribution < 1.29 is 58.0 Å². The number of ether oxygens (including phenoxy) is 3. The molecular formula is C32H35NO12S2. The fourth-order valence-electron chi connectivity index (χ4n) is 4.66. The second-order valence-corrected chi connectivity index (χ2v) is 13.5. The maximum absolute atomic E-state index is 12.9. The monoisotopic (exact) mass is 689 g/mol. The Kier molecular flexibility index (Phi) is 14.4. The molecule has 2 aromatic rings. The van der Waals surface area contributed by atoms with Gasteiger partial charge in [0.05, 0.1) is 23.1 Å². The lowest BCUT2D eigenvalue weighted by Crippen LogP contribution is -2.39. The summed E-state index contributed by atoms with van der Waals surface area (Å²) in [7, 11) is 0. The molecule has 47 heavy (non-hydrogen) atoms. The smallest absolute Gasteiger partial charge is 0.345 e. The lowest BCUT2D eigenvalue weighted by atomic mass is 10.0. The Hall–Kier alpha value is -4.21. The van der Waals surface area contributed by atoms with Crippen LogP contribution >= 0.6 is 23.5 Å². The fraction of sp³-hybridized carbons (Fsp3) is 0.406. The second kappa shape index (κ2) is 18.2. The number of thioether (sulfide) groups is 2.